The van der Waals surface area contributed by atoms with Crippen LogP contribution >= 0.6 is 0 Å². The summed E-state index contributed by atoms with van der Waals surface area (Å²) in [6, 6.07) is 7.40. The average Bonchev–Trinajstić information content (AvgIpc) is 2.38. The number of benzene rings is 1. The minimum Gasteiger partial charge on any atom is -0.395 e. The van der Waals surface area contributed by atoms with Crippen LogP contribution in [0.5, 0.6) is 0 Å². The summed E-state index contributed by atoms with van der Waals surface area (Å²) < 4.78 is 0. The fraction of sp³-hybridized carbons (Fsp3) is 0.500. The van der Waals surface area contributed by atoms with Crippen molar-refractivity contribution in [3.8, 4) is 0 Å². The maximum absolute atomic E-state index is 12.2. The van der Waals surface area contributed by atoms with E-state index in [2.05, 4.69) is 4.90 Å². The van der Waals surface area contributed by atoms with Gasteiger partial charge in [0.2, 0.25) is 0 Å². The van der Waals surface area contributed by atoms with Gasteiger partial charge in [-0.1, -0.05) is 12.1 Å². The number of aliphatic hydroxyl groups excluding tert-OH is 2. The third kappa shape index (κ3) is 4.98. The molecule has 0 aliphatic heterocycles. The molecule has 1 aromatic rings. The Labute approximate surface area is 114 Å². The van der Waals surface area contributed by atoms with Crippen LogP contribution in [0.25, 0.3) is 0 Å². The molecule has 0 aliphatic rings. The Morgan fingerprint density at radius 1 is 1.05 bits per heavy atom. The topological polar surface area (TPSA) is 64.0 Å². The SMILES string of the molecule is CN(C)Cc1ccc(C(=O)N(CCO)CCO)cc1. The molecule has 0 aliphatic carbocycles. The van der Waals surface area contributed by atoms with E-state index in [1.165, 1.54) is 4.90 Å². The maximum Gasteiger partial charge on any atom is 0.254 e. The van der Waals surface area contributed by atoms with Crippen molar-refractivity contribution in [1.29, 1.82) is 0 Å². The van der Waals surface area contributed by atoms with Crippen LogP contribution < -0.4 is 0 Å². The van der Waals surface area contributed by atoms with Crippen molar-refractivity contribution in [2.75, 3.05) is 40.4 Å². The van der Waals surface area contributed by atoms with E-state index in [-0.39, 0.29) is 32.2 Å². The highest BCUT2D eigenvalue weighted by Gasteiger charge is 2.14. The van der Waals surface area contributed by atoms with Crippen LogP contribution in [0.1, 0.15) is 15.9 Å². The monoisotopic (exact) mass is 266 g/mol. The van der Waals surface area contributed by atoms with Gasteiger partial charge in [0.1, 0.15) is 0 Å². The van der Waals surface area contributed by atoms with Gasteiger partial charge in [0.05, 0.1) is 13.2 Å². The number of nitrogens with zero attached hydrogens (tertiary/aromatic N) is 2. The molecule has 0 saturated carbocycles. The van der Waals surface area contributed by atoms with Crippen LogP contribution in [-0.4, -0.2) is 66.3 Å². The average molecular weight is 266 g/mol. The molecular formula is C14H22N2O3. The van der Waals surface area contributed by atoms with Crippen LogP contribution in [-0.2, 0) is 6.54 Å². The highest BCUT2D eigenvalue weighted by Crippen LogP contribution is 2.09. The predicted molar refractivity (Wildman–Crippen MR) is 73.9 cm³/mol. The molecule has 1 rings (SSSR count). The lowest BCUT2D eigenvalue weighted by molar-refractivity contribution is 0.0685. The summed E-state index contributed by atoms with van der Waals surface area (Å²) in [5, 5.41) is 17.8. The van der Waals surface area contributed by atoms with Crippen LogP contribution in [0.4, 0.5) is 0 Å². The molecule has 0 unspecified atom stereocenters. The third-order valence-corrected chi connectivity index (χ3v) is 2.73. The Hall–Kier alpha value is -1.43. The molecule has 5 nitrogen and oxygen atoms in total. The molecule has 0 saturated heterocycles. The second kappa shape index (κ2) is 7.89. The fourth-order valence-electron chi connectivity index (χ4n) is 1.86. The molecule has 2 N–H and O–H groups in total. The van der Waals surface area contributed by atoms with Crippen molar-refractivity contribution in [3.63, 3.8) is 0 Å². The van der Waals surface area contributed by atoms with Crippen LogP contribution in [0.3, 0.4) is 0 Å². The highest BCUT2D eigenvalue weighted by atomic mass is 16.3. The van der Waals surface area contributed by atoms with Gasteiger partial charge in [0, 0.05) is 25.2 Å². The zero-order chi connectivity index (χ0) is 14.3. The number of hydrogen-bond donors (Lipinski definition) is 2. The number of amides is 1. The van der Waals surface area contributed by atoms with Crippen molar-refractivity contribution in [2.24, 2.45) is 0 Å². The zero-order valence-corrected chi connectivity index (χ0v) is 11.5. The highest BCUT2D eigenvalue weighted by molar-refractivity contribution is 5.94. The molecule has 0 spiro atoms. The number of carbonyl (C=O) groups is 1. The molecular weight excluding hydrogens is 244 g/mol. The molecule has 0 bridgehead atoms. The summed E-state index contributed by atoms with van der Waals surface area (Å²) in [6.07, 6.45) is 0. The van der Waals surface area contributed by atoms with Gasteiger partial charge in [-0.25, -0.2) is 0 Å². The number of rotatable bonds is 7. The second-order valence-corrected chi connectivity index (χ2v) is 4.67. The zero-order valence-electron chi connectivity index (χ0n) is 11.5. The van der Waals surface area contributed by atoms with E-state index in [1.54, 1.807) is 12.1 Å². The van der Waals surface area contributed by atoms with Gasteiger partial charge >= 0.3 is 0 Å². The Morgan fingerprint density at radius 2 is 1.58 bits per heavy atom. The fourth-order valence-corrected chi connectivity index (χ4v) is 1.86. The van der Waals surface area contributed by atoms with Gasteiger partial charge in [-0.3, -0.25) is 4.79 Å². The van der Waals surface area contributed by atoms with Crippen LogP contribution in [0, 0.1) is 0 Å². The van der Waals surface area contributed by atoms with E-state index in [1.807, 2.05) is 26.2 Å². The van der Waals surface area contributed by atoms with Gasteiger partial charge in [-0.05, 0) is 31.8 Å². The summed E-state index contributed by atoms with van der Waals surface area (Å²) in [7, 11) is 3.98. The normalized spacial score (nSPS) is 10.8. The van der Waals surface area contributed by atoms with Gasteiger partial charge in [-0.15, -0.1) is 0 Å². The molecule has 19 heavy (non-hydrogen) atoms. The van der Waals surface area contributed by atoms with E-state index in [4.69, 9.17) is 10.2 Å². The second-order valence-electron chi connectivity index (χ2n) is 4.67. The molecule has 106 valence electrons. The summed E-state index contributed by atoms with van der Waals surface area (Å²) in [5.41, 5.74) is 1.71. The summed E-state index contributed by atoms with van der Waals surface area (Å²) >= 11 is 0. The van der Waals surface area contributed by atoms with Crippen LogP contribution in [0.15, 0.2) is 24.3 Å². The third-order valence-electron chi connectivity index (χ3n) is 2.73. The van der Waals surface area contributed by atoms with Gasteiger partial charge < -0.3 is 20.0 Å². The van der Waals surface area contributed by atoms with Crippen molar-refractivity contribution < 1.29 is 15.0 Å². The predicted octanol–water partition coefficient (Wildman–Crippen LogP) is 0.175. The Bertz CT molecular complexity index is 384. The van der Waals surface area contributed by atoms with E-state index < -0.39 is 0 Å². The quantitative estimate of drug-likeness (QED) is 0.739. The maximum atomic E-state index is 12.2. The first-order valence-corrected chi connectivity index (χ1v) is 6.33. The van der Waals surface area contributed by atoms with Crippen molar-refractivity contribution in [1.82, 2.24) is 9.80 Å². The van der Waals surface area contributed by atoms with Gasteiger partial charge in [0.15, 0.2) is 0 Å². The van der Waals surface area contributed by atoms with E-state index >= 15 is 0 Å². The molecule has 0 aromatic heterocycles. The molecule has 1 aromatic carbocycles. The summed E-state index contributed by atoms with van der Waals surface area (Å²) in [6.45, 7) is 1.08. The first-order valence-electron chi connectivity index (χ1n) is 6.33. The minimum absolute atomic E-state index is 0.107. The molecule has 0 atom stereocenters. The standard InChI is InChI=1S/C14H22N2O3/c1-15(2)11-12-3-5-13(6-4-12)14(19)16(7-9-17)8-10-18/h3-6,17-18H,7-11H2,1-2H3. The Balaban J connectivity index is 2.75. The van der Waals surface area contributed by atoms with E-state index in [0.717, 1.165) is 12.1 Å². The molecule has 0 fully saturated rings. The van der Waals surface area contributed by atoms with E-state index in [9.17, 15) is 4.79 Å². The largest absolute Gasteiger partial charge is 0.395 e. The first-order chi connectivity index (χ1) is 9.08. The van der Waals surface area contributed by atoms with Gasteiger partial charge in [0.25, 0.3) is 5.91 Å². The Kier molecular flexibility index (Phi) is 6.49. The molecule has 0 radical (unpaired) electrons. The van der Waals surface area contributed by atoms with Crippen molar-refractivity contribution >= 4 is 5.91 Å². The lowest BCUT2D eigenvalue weighted by Gasteiger charge is -2.20. The summed E-state index contributed by atoms with van der Waals surface area (Å²) in [4.78, 5) is 15.7. The molecule has 0 heterocycles. The lowest BCUT2D eigenvalue weighted by atomic mass is 10.1. The number of carbonyl (C=O) groups excluding carboxylic acids is 1. The van der Waals surface area contributed by atoms with Crippen LogP contribution in [0.2, 0.25) is 0 Å². The molecule has 1 amide bonds. The van der Waals surface area contributed by atoms with Crippen molar-refractivity contribution in [3.05, 3.63) is 35.4 Å². The first kappa shape index (κ1) is 15.6. The minimum atomic E-state index is -0.167. The van der Waals surface area contributed by atoms with E-state index in [0.29, 0.717) is 5.56 Å². The lowest BCUT2D eigenvalue weighted by Crippen LogP contribution is -2.35. The van der Waals surface area contributed by atoms with Gasteiger partial charge in [-0.2, -0.15) is 0 Å². The smallest absolute Gasteiger partial charge is 0.254 e. The number of aliphatic hydroxyl groups is 2. The molecule has 5 heteroatoms. The summed E-state index contributed by atoms with van der Waals surface area (Å²) in [5.74, 6) is -0.167. The number of hydrogen-bond acceptors (Lipinski definition) is 4. The Morgan fingerprint density at radius 3 is 2.00 bits per heavy atom. The van der Waals surface area contributed by atoms with Crippen molar-refractivity contribution in [2.45, 2.75) is 6.54 Å².